The average Bonchev–Trinajstić information content (AvgIpc) is 3.25. The van der Waals surface area contributed by atoms with E-state index in [1.165, 1.54) is 22.4 Å². The van der Waals surface area contributed by atoms with Crippen molar-refractivity contribution in [3.63, 3.8) is 0 Å². The van der Waals surface area contributed by atoms with Gasteiger partial charge >= 0.3 is 6.09 Å². The number of benzene rings is 1. The molecule has 138 valence electrons. The maximum absolute atomic E-state index is 14.7. The molecule has 0 bridgehead atoms. The van der Waals surface area contributed by atoms with Crippen LogP contribution in [0.2, 0.25) is 0 Å². The fourth-order valence-electron chi connectivity index (χ4n) is 2.91. The van der Waals surface area contributed by atoms with Crippen LogP contribution in [-0.4, -0.2) is 51.2 Å². The highest BCUT2D eigenvalue weighted by molar-refractivity contribution is 5.90. The number of hydrogen-bond donors (Lipinski definition) is 1. The second-order valence-corrected chi connectivity index (χ2v) is 6.11. The lowest BCUT2D eigenvalue weighted by Crippen LogP contribution is -2.33. The minimum absolute atomic E-state index is 0.209. The van der Waals surface area contributed by atoms with Crippen molar-refractivity contribution in [2.24, 2.45) is 0 Å². The Morgan fingerprint density at radius 1 is 1.37 bits per heavy atom. The third-order valence-corrected chi connectivity index (χ3v) is 4.23. The Hall–Kier alpha value is -3.56. The molecule has 1 saturated heterocycles. The maximum Gasteiger partial charge on any atom is 0.414 e. The summed E-state index contributed by atoms with van der Waals surface area (Å²) in [5.74, 6) is -0.692. The van der Waals surface area contributed by atoms with E-state index in [0.717, 1.165) is 0 Å². The summed E-state index contributed by atoms with van der Waals surface area (Å²) in [5, 5.41) is 13.8. The Bertz CT molecular complexity index is 1040. The van der Waals surface area contributed by atoms with Gasteiger partial charge in [0.1, 0.15) is 11.9 Å². The molecule has 0 unspecified atom stereocenters. The number of ether oxygens (including phenoxy) is 1. The van der Waals surface area contributed by atoms with Crippen molar-refractivity contribution in [2.75, 3.05) is 18.0 Å². The van der Waals surface area contributed by atoms with Gasteiger partial charge in [0, 0.05) is 18.7 Å². The number of rotatable bonds is 4. The molecule has 1 N–H and O–H groups in total. The minimum atomic E-state index is -0.576. The molecule has 10 heteroatoms. The second kappa shape index (κ2) is 6.63. The normalized spacial score (nSPS) is 16.6. The third kappa shape index (κ3) is 3.28. The van der Waals surface area contributed by atoms with E-state index in [2.05, 4.69) is 20.8 Å². The topological polar surface area (TPSA) is 102 Å². The van der Waals surface area contributed by atoms with Crippen LogP contribution >= 0.6 is 0 Å². The SMILES string of the molecule is CC(=O)NC[C@H]1CN(c2ccc(-c3ccn4nnnc4c3)c(F)c2)C(=O)O1. The van der Waals surface area contributed by atoms with E-state index in [9.17, 15) is 14.0 Å². The summed E-state index contributed by atoms with van der Waals surface area (Å²) in [6.07, 6.45) is 0.586. The highest BCUT2D eigenvalue weighted by atomic mass is 19.1. The van der Waals surface area contributed by atoms with Crippen LogP contribution in [0.3, 0.4) is 0 Å². The van der Waals surface area contributed by atoms with Crippen molar-refractivity contribution in [1.82, 2.24) is 25.4 Å². The van der Waals surface area contributed by atoms with Gasteiger partial charge in [0.2, 0.25) is 5.91 Å². The van der Waals surface area contributed by atoms with E-state index < -0.39 is 18.0 Å². The van der Waals surface area contributed by atoms with Crippen molar-refractivity contribution < 1.29 is 18.7 Å². The molecule has 1 aliphatic rings. The maximum atomic E-state index is 14.7. The predicted molar refractivity (Wildman–Crippen MR) is 92.5 cm³/mol. The number of fused-ring (bicyclic) bond motifs is 1. The van der Waals surface area contributed by atoms with Crippen LogP contribution in [0.25, 0.3) is 16.8 Å². The first kappa shape index (κ1) is 16.9. The minimum Gasteiger partial charge on any atom is -0.442 e. The number of anilines is 1. The molecule has 2 amide bonds. The summed E-state index contributed by atoms with van der Waals surface area (Å²) in [6, 6.07) is 7.89. The summed E-state index contributed by atoms with van der Waals surface area (Å²) < 4.78 is 21.4. The molecule has 0 aliphatic carbocycles. The molecular formula is C17H15FN6O3. The molecule has 0 saturated carbocycles. The fourth-order valence-corrected chi connectivity index (χ4v) is 2.91. The molecule has 1 atom stereocenters. The molecule has 2 aromatic heterocycles. The molecule has 3 heterocycles. The van der Waals surface area contributed by atoms with Gasteiger partial charge in [-0.2, -0.15) is 0 Å². The quantitative estimate of drug-likeness (QED) is 0.745. The molecule has 27 heavy (non-hydrogen) atoms. The van der Waals surface area contributed by atoms with Gasteiger partial charge in [-0.05, 0) is 46.3 Å². The predicted octanol–water partition coefficient (Wildman–Crippen LogP) is 1.39. The van der Waals surface area contributed by atoms with Crippen LogP contribution in [0.4, 0.5) is 14.9 Å². The summed E-state index contributed by atoms with van der Waals surface area (Å²) in [7, 11) is 0. The monoisotopic (exact) mass is 370 g/mol. The number of halogens is 1. The summed E-state index contributed by atoms with van der Waals surface area (Å²) in [6.45, 7) is 1.83. The largest absolute Gasteiger partial charge is 0.442 e. The van der Waals surface area contributed by atoms with Crippen LogP contribution in [0.5, 0.6) is 0 Å². The van der Waals surface area contributed by atoms with Gasteiger partial charge in [-0.1, -0.05) is 0 Å². The highest BCUT2D eigenvalue weighted by Crippen LogP contribution is 2.29. The second-order valence-electron chi connectivity index (χ2n) is 6.11. The van der Waals surface area contributed by atoms with Gasteiger partial charge in [-0.25, -0.2) is 13.7 Å². The van der Waals surface area contributed by atoms with Gasteiger partial charge in [-0.3, -0.25) is 9.69 Å². The Kier molecular flexibility index (Phi) is 4.15. The number of cyclic esters (lactones) is 1. The van der Waals surface area contributed by atoms with E-state index in [-0.39, 0.29) is 19.0 Å². The Morgan fingerprint density at radius 2 is 2.22 bits per heavy atom. The van der Waals surface area contributed by atoms with Crippen LogP contribution in [0, 0.1) is 5.82 Å². The van der Waals surface area contributed by atoms with Crippen LogP contribution in [0.1, 0.15) is 6.92 Å². The molecule has 1 aliphatic heterocycles. The standard InChI is InChI=1S/C17H15FN6O3/c1-10(25)19-8-13-9-23(17(26)27-13)12-2-3-14(15(18)7-12)11-4-5-24-16(6-11)20-21-22-24/h2-7,13H,8-9H2,1H3,(H,19,25)/t13-/m0/s1. The number of hydrogen-bond acceptors (Lipinski definition) is 6. The number of carbonyl (C=O) groups excluding carboxylic acids is 2. The van der Waals surface area contributed by atoms with Gasteiger partial charge in [0.15, 0.2) is 5.65 Å². The van der Waals surface area contributed by atoms with E-state index >= 15 is 0 Å². The third-order valence-electron chi connectivity index (χ3n) is 4.23. The van der Waals surface area contributed by atoms with Crippen LogP contribution in [-0.2, 0) is 9.53 Å². The van der Waals surface area contributed by atoms with E-state index in [1.54, 1.807) is 30.5 Å². The molecule has 1 aromatic carbocycles. The zero-order chi connectivity index (χ0) is 19.0. The lowest BCUT2D eigenvalue weighted by atomic mass is 10.1. The summed E-state index contributed by atoms with van der Waals surface area (Å²) in [4.78, 5) is 24.4. The molecule has 4 rings (SSSR count). The number of nitrogens with one attached hydrogen (secondary N) is 1. The highest BCUT2D eigenvalue weighted by Gasteiger charge is 2.32. The lowest BCUT2D eigenvalue weighted by molar-refractivity contribution is -0.119. The van der Waals surface area contributed by atoms with E-state index in [0.29, 0.717) is 22.5 Å². The number of aromatic nitrogens is 4. The summed E-state index contributed by atoms with van der Waals surface area (Å²) >= 11 is 0. The first-order chi connectivity index (χ1) is 13.0. The van der Waals surface area contributed by atoms with Crippen molar-refractivity contribution in [3.8, 4) is 11.1 Å². The number of carbonyl (C=O) groups is 2. The molecular weight excluding hydrogens is 355 g/mol. The first-order valence-corrected chi connectivity index (χ1v) is 8.21. The number of tetrazole rings is 1. The molecule has 0 radical (unpaired) electrons. The lowest BCUT2D eigenvalue weighted by Gasteiger charge is -2.14. The number of amides is 2. The van der Waals surface area contributed by atoms with Crippen molar-refractivity contribution in [2.45, 2.75) is 13.0 Å². The van der Waals surface area contributed by atoms with Gasteiger partial charge in [0.25, 0.3) is 0 Å². The smallest absolute Gasteiger partial charge is 0.414 e. The van der Waals surface area contributed by atoms with Crippen LogP contribution < -0.4 is 10.2 Å². The molecule has 0 spiro atoms. The van der Waals surface area contributed by atoms with Crippen molar-refractivity contribution >= 4 is 23.3 Å². The van der Waals surface area contributed by atoms with Gasteiger partial charge < -0.3 is 10.1 Å². The Labute approximate surface area is 152 Å². The Balaban J connectivity index is 1.56. The zero-order valence-corrected chi connectivity index (χ0v) is 14.3. The molecule has 9 nitrogen and oxygen atoms in total. The molecule has 3 aromatic rings. The number of pyridine rings is 1. The number of nitrogens with zero attached hydrogens (tertiary/aromatic N) is 5. The van der Waals surface area contributed by atoms with Crippen molar-refractivity contribution in [3.05, 3.63) is 42.3 Å². The zero-order valence-electron chi connectivity index (χ0n) is 14.3. The van der Waals surface area contributed by atoms with Gasteiger partial charge in [0.05, 0.1) is 18.8 Å². The van der Waals surface area contributed by atoms with Crippen LogP contribution in [0.15, 0.2) is 36.5 Å². The fraction of sp³-hybridized carbons (Fsp3) is 0.235. The van der Waals surface area contributed by atoms with E-state index in [1.807, 2.05) is 0 Å². The van der Waals surface area contributed by atoms with Crippen molar-refractivity contribution in [1.29, 1.82) is 0 Å². The first-order valence-electron chi connectivity index (χ1n) is 8.21. The average molecular weight is 370 g/mol. The Morgan fingerprint density at radius 3 is 3.00 bits per heavy atom. The van der Waals surface area contributed by atoms with E-state index in [4.69, 9.17) is 4.74 Å². The molecule has 1 fully saturated rings. The summed E-state index contributed by atoms with van der Waals surface area (Å²) in [5.41, 5.74) is 1.87. The van der Waals surface area contributed by atoms with Gasteiger partial charge in [-0.15, -0.1) is 5.10 Å².